The molecule has 3 rings (SSSR count). The summed E-state index contributed by atoms with van der Waals surface area (Å²) in [5.41, 5.74) is 0.122. The van der Waals surface area contributed by atoms with E-state index in [2.05, 4.69) is 21.9 Å². The number of nitrogens with one attached hydrogen (secondary N) is 1. The summed E-state index contributed by atoms with van der Waals surface area (Å²) in [5.74, 6) is 0.822. The van der Waals surface area contributed by atoms with Crippen molar-refractivity contribution in [3.05, 3.63) is 60.3 Å². The van der Waals surface area contributed by atoms with Crippen molar-refractivity contribution in [2.24, 2.45) is 5.92 Å². The molecule has 1 aromatic carbocycles. The molecule has 0 fully saturated rings. The highest BCUT2D eigenvalue weighted by molar-refractivity contribution is 5.86. The highest BCUT2D eigenvalue weighted by atomic mass is 19.4. The molecule has 0 radical (unpaired) electrons. The Hall–Kier alpha value is -2.77. The van der Waals surface area contributed by atoms with E-state index in [4.69, 9.17) is 0 Å². The molecule has 1 aliphatic heterocycles. The number of fused-ring (bicyclic) bond motifs is 1. The fourth-order valence-electron chi connectivity index (χ4n) is 3.05. The van der Waals surface area contributed by atoms with Gasteiger partial charge in [0.25, 0.3) is 0 Å². The van der Waals surface area contributed by atoms with Gasteiger partial charge in [0.15, 0.2) is 0 Å². The van der Waals surface area contributed by atoms with E-state index in [0.717, 1.165) is 23.5 Å². The maximum absolute atomic E-state index is 12.7. The first kappa shape index (κ1) is 18.0. The maximum Gasteiger partial charge on any atom is 0.416 e. The van der Waals surface area contributed by atoms with Gasteiger partial charge in [-0.1, -0.05) is 18.7 Å². The van der Waals surface area contributed by atoms with Gasteiger partial charge in [0.1, 0.15) is 5.82 Å². The second kappa shape index (κ2) is 7.23. The van der Waals surface area contributed by atoms with Crippen LogP contribution in [0.15, 0.2) is 49.2 Å². The standard InChI is InChI=1S/C18H19F3N4O/c1-2-16(26)22-9-14-11-24(17-7-8-23-25(17)12-14)10-13-3-5-15(6-4-13)18(19,20)21/h2-8,14H,1,9-12H2,(H,22,26). The number of rotatable bonds is 5. The number of hydrogen-bond acceptors (Lipinski definition) is 3. The van der Waals surface area contributed by atoms with Crippen molar-refractivity contribution in [1.29, 1.82) is 0 Å². The summed E-state index contributed by atoms with van der Waals surface area (Å²) in [6.07, 6.45) is -1.42. The van der Waals surface area contributed by atoms with Crippen LogP contribution in [0.4, 0.5) is 19.0 Å². The number of alkyl halides is 3. The Morgan fingerprint density at radius 3 is 2.65 bits per heavy atom. The first-order chi connectivity index (χ1) is 12.4. The molecule has 1 atom stereocenters. The molecule has 0 saturated heterocycles. The largest absolute Gasteiger partial charge is 0.416 e. The quantitative estimate of drug-likeness (QED) is 0.830. The monoisotopic (exact) mass is 364 g/mol. The number of anilines is 1. The number of benzene rings is 1. The molecule has 2 aromatic rings. The minimum Gasteiger partial charge on any atom is -0.352 e. The Kier molecular flexibility index (Phi) is 5.01. The lowest BCUT2D eigenvalue weighted by Gasteiger charge is -2.35. The van der Waals surface area contributed by atoms with Crippen LogP contribution in [0, 0.1) is 5.92 Å². The molecule has 8 heteroatoms. The van der Waals surface area contributed by atoms with E-state index in [9.17, 15) is 18.0 Å². The molecule has 1 aromatic heterocycles. The first-order valence-electron chi connectivity index (χ1n) is 8.20. The van der Waals surface area contributed by atoms with Crippen molar-refractivity contribution in [3.63, 3.8) is 0 Å². The normalized spacial score (nSPS) is 16.9. The number of aromatic nitrogens is 2. The molecule has 2 heterocycles. The third-order valence-electron chi connectivity index (χ3n) is 4.33. The Bertz CT molecular complexity index is 782. The van der Waals surface area contributed by atoms with Crippen LogP contribution in [-0.2, 0) is 24.1 Å². The summed E-state index contributed by atoms with van der Waals surface area (Å²) < 4.78 is 39.9. The lowest BCUT2D eigenvalue weighted by molar-refractivity contribution is -0.137. The van der Waals surface area contributed by atoms with Crippen LogP contribution >= 0.6 is 0 Å². The minimum atomic E-state index is -4.34. The van der Waals surface area contributed by atoms with Crippen LogP contribution in [0.2, 0.25) is 0 Å². The van der Waals surface area contributed by atoms with E-state index in [1.54, 1.807) is 6.20 Å². The maximum atomic E-state index is 12.7. The molecule has 0 bridgehead atoms. The number of nitrogens with zero attached hydrogens (tertiary/aromatic N) is 3. The molecule has 26 heavy (non-hydrogen) atoms. The van der Waals surface area contributed by atoms with Crippen molar-refractivity contribution >= 4 is 11.7 Å². The molecule has 0 saturated carbocycles. The van der Waals surface area contributed by atoms with E-state index in [0.29, 0.717) is 26.2 Å². The van der Waals surface area contributed by atoms with Crippen LogP contribution in [-0.4, -0.2) is 28.8 Å². The zero-order valence-electron chi connectivity index (χ0n) is 14.0. The molecule has 138 valence electrons. The first-order valence-corrected chi connectivity index (χ1v) is 8.20. The molecule has 1 unspecified atom stereocenters. The van der Waals surface area contributed by atoms with Gasteiger partial charge in [0, 0.05) is 38.2 Å². The van der Waals surface area contributed by atoms with E-state index in [-0.39, 0.29) is 11.8 Å². The van der Waals surface area contributed by atoms with Crippen LogP contribution in [0.25, 0.3) is 0 Å². The summed E-state index contributed by atoms with van der Waals surface area (Å²) in [6.45, 7) is 5.72. The van der Waals surface area contributed by atoms with Crippen LogP contribution in [0.1, 0.15) is 11.1 Å². The number of halogens is 3. The summed E-state index contributed by atoms with van der Waals surface area (Å²) in [6, 6.07) is 7.05. The Morgan fingerprint density at radius 1 is 1.27 bits per heavy atom. The number of amides is 1. The van der Waals surface area contributed by atoms with E-state index >= 15 is 0 Å². The number of carbonyl (C=O) groups excluding carboxylic acids is 1. The van der Waals surface area contributed by atoms with Gasteiger partial charge in [-0.25, -0.2) is 4.68 Å². The lowest BCUT2D eigenvalue weighted by Crippen LogP contribution is -2.43. The molecule has 0 spiro atoms. The number of hydrogen-bond donors (Lipinski definition) is 1. The van der Waals surface area contributed by atoms with Crippen LogP contribution < -0.4 is 10.2 Å². The zero-order valence-corrected chi connectivity index (χ0v) is 14.0. The van der Waals surface area contributed by atoms with Crippen LogP contribution in [0.3, 0.4) is 0 Å². The van der Waals surface area contributed by atoms with Crippen molar-refractivity contribution in [2.45, 2.75) is 19.3 Å². The zero-order chi connectivity index (χ0) is 18.7. The predicted molar refractivity (Wildman–Crippen MR) is 91.4 cm³/mol. The van der Waals surface area contributed by atoms with Crippen molar-refractivity contribution < 1.29 is 18.0 Å². The third kappa shape index (κ3) is 4.07. The van der Waals surface area contributed by atoms with Gasteiger partial charge >= 0.3 is 6.18 Å². The van der Waals surface area contributed by atoms with E-state index in [1.807, 2.05) is 10.7 Å². The highest BCUT2D eigenvalue weighted by Crippen LogP contribution is 2.30. The second-order valence-corrected chi connectivity index (χ2v) is 6.26. The van der Waals surface area contributed by atoms with Gasteiger partial charge in [-0.3, -0.25) is 4.79 Å². The SMILES string of the molecule is C=CC(=O)NCC1CN(Cc2ccc(C(F)(F)F)cc2)c2ccnn2C1. The Morgan fingerprint density at radius 2 is 2.00 bits per heavy atom. The highest BCUT2D eigenvalue weighted by Gasteiger charge is 2.30. The fourth-order valence-corrected chi connectivity index (χ4v) is 3.05. The van der Waals surface area contributed by atoms with Crippen molar-refractivity contribution in [3.8, 4) is 0 Å². The minimum absolute atomic E-state index is 0.140. The van der Waals surface area contributed by atoms with Crippen molar-refractivity contribution in [1.82, 2.24) is 15.1 Å². The lowest BCUT2D eigenvalue weighted by atomic mass is 10.1. The molecular weight excluding hydrogens is 345 g/mol. The van der Waals surface area contributed by atoms with E-state index < -0.39 is 11.7 Å². The smallest absolute Gasteiger partial charge is 0.352 e. The average Bonchev–Trinajstić information content (AvgIpc) is 3.08. The molecule has 1 aliphatic rings. The molecule has 0 aliphatic carbocycles. The summed E-state index contributed by atoms with van der Waals surface area (Å²) in [7, 11) is 0. The average molecular weight is 364 g/mol. The summed E-state index contributed by atoms with van der Waals surface area (Å²) >= 11 is 0. The number of carbonyl (C=O) groups is 1. The molecular formula is C18H19F3N4O. The van der Waals surface area contributed by atoms with Gasteiger partial charge in [0.05, 0.1) is 11.8 Å². The summed E-state index contributed by atoms with van der Waals surface area (Å²) in [5, 5.41) is 7.07. The fraction of sp³-hybridized carbons (Fsp3) is 0.333. The van der Waals surface area contributed by atoms with Gasteiger partial charge in [-0.15, -0.1) is 0 Å². The molecule has 1 amide bonds. The molecule has 1 N–H and O–H groups in total. The topological polar surface area (TPSA) is 50.2 Å². The third-order valence-corrected chi connectivity index (χ3v) is 4.33. The van der Waals surface area contributed by atoms with Gasteiger partial charge < -0.3 is 10.2 Å². The van der Waals surface area contributed by atoms with Gasteiger partial charge in [0.2, 0.25) is 5.91 Å². The van der Waals surface area contributed by atoms with Gasteiger partial charge in [-0.2, -0.15) is 18.3 Å². The Labute approximate surface area is 149 Å². The second-order valence-electron chi connectivity index (χ2n) is 6.26. The van der Waals surface area contributed by atoms with E-state index in [1.165, 1.54) is 18.2 Å². The molecule has 5 nitrogen and oxygen atoms in total. The van der Waals surface area contributed by atoms with Gasteiger partial charge in [-0.05, 0) is 23.8 Å². The Balaban J connectivity index is 1.72. The summed E-state index contributed by atoms with van der Waals surface area (Å²) in [4.78, 5) is 13.4. The van der Waals surface area contributed by atoms with Crippen LogP contribution in [0.5, 0.6) is 0 Å². The predicted octanol–water partition coefficient (Wildman–Crippen LogP) is 2.84. The van der Waals surface area contributed by atoms with Crippen molar-refractivity contribution in [2.75, 3.05) is 18.0 Å².